The van der Waals surface area contributed by atoms with E-state index in [0.717, 1.165) is 6.42 Å². The van der Waals surface area contributed by atoms with Gasteiger partial charge in [-0.3, -0.25) is 0 Å². The van der Waals surface area contributed by atoms with E-state index >= 15 is 0 Å². The molecule has 0 saturated heterocycles. The smallest absolute Gasteiger partial charge is 0.123 e. The van der Waals surface area contributed by atoms with Crippen molar-refractivity contribution in [2.45, 2.75) is 39.3 Å². The minimum Gasteiger partial charge on any atom is -0.387 e. The van der Waals surface area contributed by atoms with Crippen molar-refractivity contribution >= 4 is 0 Å². The van der Waals surface area contributed by atoms with Gasteiger partial charge in [0, 0.05) is 12.6 Å². The summed E-state index contributed by atoms with van der Waals surface area (Å²) in [6.45, 7) is 6.87. The number of hydrogen-bond donors (Lipinski definition) is 2. The van der Waals surface area contributed by atoms with Crippen molar-refractivity contribution in [3.05, 3.63) is 35.6 Å². The maximum absolute atomic E-state index is 13.0. The number of hydrogen-bond acceptors (Lipinski definition) is 2. The van der Waals surface area contributed by atoms with E-state index in [1.807, 2.05) is 0 Å². The van der Waals surface area contributed by atoms with Crippen LogP contribution in [-0.2, 0) is 0 Å². The summed E-state index contributed by atoms with van der Waals surface area (Å²) >= 11 is 0. The second-order valence-corrected chi connectivity index (χ2v) is 4.65. The first-order valence-corrected chi connectivity index (χ1v) is 6.21. The molecule has 0 radical (unpaired) electrons. The quantitative estimate of drug-likeness (QED) is 0.800. The Balaban J connectivity index is 2.47. The van der Waals surface area contributed by atoms with Gasteiger partial charge in [-0.25, -0.2) is 4.39 Å². The lowest BCUT2D eigenvalue weighted by Crippen LogP contribution is -2.35. The molecule has 1 aromatic rings. The fraction of sp³-hybridized carbons (Fsp3) is 0.571. The highest BCUT2D eigenvalue weighted by Crippen LogP contribution is 2.14. The minimum absolute atomic E-state index is 0.309. The molecule has 0 amide bonds. The van der Waals surface area contributed by atoms with Gasteiger partial charge >= 0.3 is 0 Å². The molecule has 0 aromatic heterocycles. The van der Waals surface area contributed by atoms with Gasteiger partial charge in [-0.05, 0) is 30.5 Å². The molecule has 2 N–H and O–H groups in total. The van der Waals surface area contributed by atoms with E-state index in [0.29, 0.717) is 24.1 Å². The normalized spacial score (nSPS) is 16.5. The summed E-state index contributed by atoms with van der Waals surface area (Å²) < 4.78 is 13.0. The molecular weight excluding hydrogens is 217 g/mol. The predicted octanol–water partition coefficient (Wildman–Crippen LogP) is 2.88. The number of rotatable bonds is 6. The van der Waals surface area contributed by atoms with Crippen LogP contribution in [0, 0.1) is 11.7 Å². The van der Waals surface area contributed by atoms with Crippen LogP contribution in [0.4, 0.5) is 4.39 Å². The molecule has 17 heavy (non-hydrogen) atoms. The molecule has 0 fully saturated rings. The summed E-state index contributed by atoms with van der Waals surface area (Å²) in [5.74, 6) is 0.256. The predicted molar refractivity (Wildman–Crippen MR) is 68.3 cm³/mol. The standard InChI is InChI=1S/C14H22FNO/c1-4-10(2)11(3)16-9-14(17)12-6-5-7-13(15)8-12/h5-8,10-11,14,16-17H,4,9H2,1-3H3. The zero-order valence-electron chi connectivity index (χ0n) is 10.8. The van der Waals surface area contributed by atoms with Gasteiger partial charge in [-0.1, -0.05) is 32.4 Å². The number of aliphatic hydroxyl groups is 1. The van der Waals surface area contributed by atoms with Crippen LogP contribution in [-0.4, -0.2) is 17.7 Å². The average molecular weight is 239 g/mol. The molecule has 96 valence electrons. The largest absolute Gasteiger partial charge is 0.387 e. The lowest BCUT2D eigenvalue weighted by Gasteiger charge is -2.22. The molecule has 0 aliphatic heterocycles. The van der Waals surface area contributed by atoms with Crippen LogP contribution in [0.2, 0.25) is 0 Å². The Morgan fingerprint density at radius 1 is 1.35 bits per heavy atom. The molecule has 3 heteroatoms. The van der Waals surface area contributed by atoms with Gasteiger partial charge in [0.15, 0.2) is 0 Å². The molecule has 3 atom stereocenters. The third kappa shape index (κ3) is 4.44. The van der Waals surface area contributed by atoms with Gasteiger partial charge in [0.25, 0.3) is 0 Å². The first-order valence-electron chi connectivity index (χ1n) is 6.21. The highest BCUT2D eigenvalue weighted by Gasteiger charge is 2.13. The number of nitrogens with one attached hydrogen (secondary N) is 1. The molecule has 0 heterocycles. The Labute approximate surface area is 103 Å². The maximum Gasteiger partial charge on any atom is 0.123 e. The van der Waals surface area contributed by atoms with Gasteiger partial charge in [0.1, 0.15) is 5.82 Å². The van der Waals surface area contributed by atoms with Crippen molar-refractivity contribution in [2.75, 3.05) is 6.54 Å². The van der Waals surface area contributed by atoms with Crippen LogP contribution in [0.15, 0.2) is 24.3 Å². The van der Waals surface area contributed by atoms with E-state index in [9.17, 15) is 9.50 Å². The lowest BCUT2D eigenvalue weighted by molar-refractivity contribution is 0.165. The van der Waals surface area contributed by atoms with E-state index in [1.165, 1.54) is 12.1 Å². The first kappa shape index (κ1) is 14.1. The molecule has 1 aromatic carbocycles. The summed E-state index contributed by atoms with van der Waals surface area (Å²) in [5, 5.41) is 13.2. The third-order valence-corrected chi connectivity index (χ3v) is 3.36. The zero-order valence-corrected chi connectivity index (χ0v) is 10.8. The van der Waals surface area contributed by atoms with Gasteiger partial charge in [-0.15, -0.1) is 0 Å². The van der Waals surface area contributed by atoms with Crippen LogP contribution in [0.3, 0.4) is 0 Å². The molecule has 0 aliphatic rings. The fourth-order valence-electron chi connectivity index (χ4n) is 1.68. The second-order valence-electron chi connectivity index (χ2n) is 4.65. The zero-order chi connectivity index (χ0) is 12.8. The Bertz CT molecular complexity index is 343. The van der Waals surface area contributed by atoms with Crippen molar-refractivity contribution in [3.63, 3.8) is 0 Å². The summed E-state index contributed by atoms with van der Waals surface area (Å²) in [6.07, 6.45) is 0.446. The van der Waals surface area contributed by atoms with Crippen molar-refractivity contribution in [1.29, 1.82) is 0 Å². The molecule has 0 aliphatic carbocycles. The molecule has 3 unspecified atom stereocenters. The molecule has 0 spiro atoms. The van der Waals surface area contributed by atoms with E-state index in [-0.39, 0.29) is 5.82 Å². The first-order chi connectivity index (χ1) is 8.04. The third-order valence-electron chi connectivity index (χ3n) is 3.36. The van der Waals surface area contributed by atoms with Gasteiger partial charge in [-0.2, -0.15) is 0 Å². The van der Waals surface area contributed by atoms with E-state index in [1.54, 1.807) is 12.1 Å². The highest BCUT2D eigenvalue weighted by molar-refractivity contribution is 5.18. The van der Waals surface area contributed by atoms with Crippen molar-refractivity contribution in [1.82, 2.24) is 5.32 Å². The van der Waals surface area contributed by atoms with Crippen LogP contribution in [0.5, 0.6) is 0 Å². The Morgan fingerprint density at radius 3 is 2.65 bits per heavy atom. The highest BCUT2D eigenvalue weighted by atomic mass is 19.1. The molecule has 0 saturated carbocycles. The Morgan fingerprint density at radius 2 is 2.06 bits per heavy atom. The van der Waals surface area contributed by atoms with E-state index in [4.69, 9.17) is 0 Å². The van der Waals surface area contributed by atoms with Gasteiger partial charge in [0.2, 0.25) is 0 Å². The van der Waals surface area contributed by atoms with Crippen molar-refractivity contribution in [3.8, 4) is 0 Å². The lowest BCUT2D eigenvalue weighted by atomic mass is 10.0. The maximum atomic E-state index is 13.0. The monoisotopic (exact) mass is 239 g/mol. The van der Waals surface area contributed by atoms with E-state index < -0.39 is 6.10 Å². The summed E-state index contributed by atoms with van der Waals surface area (Å²) in [7, 11) is 0. The molecule has 1 rings (SSSR count). The summed E-state index contributed by atoms with van der Waals surface area (Å²) in [4.78, 5) is 0. The second kappa shape index (κ2) is 6.72. The van der Waals surface area contributed by atoms with Gasteiger partial charge < -0.3 is 10.4 Å². The Hall–Kier alpha value is -0.930. The van der Waals surface area contributed by atoms with Crippen LogP contribution >= 0.6 is 0 Å². The van der Waals surface area contributed by atoms with E-state index in [2.05, 4.69) is 26.1 Å². The van der Waals surface area contributed by atoms with Crippen molar-refractivity contribution < 1.29 is 9.50 Å². The molecular formula is C14H22FNO. The number of aliphatic hydroxyl groups excluding tert-OH is 1. The number of benzene rings is 1. The summed E-state index contributed by atoms with van der Waals surface area (Å²) in [5.41, 5.74) is 0.619. The topological polar surface area (TPSA) is 32.3 Å². The van der Waals surface area contributed by atoms with Crippen LogP contribution < -0.4 is 5.32 Å². The van der Waals surface area contributed by atoms with Gasteiger partial charge in [0.05, 0.1) is 6.10 Å². The molecule has 0 bridgehead atoms. The summed E-state index contributed by atoms with van der Waals surface area (Å²) in [6, 6.07) is 6.46. The minimum atomic E-state index is -0.655. The number of halogens is 1. The average Bonchev–Trinajstić information content (AvgIpc) is 2.34. The Kier molecular flexibility index (Phi) is 5.59. The van der Waals surface area contributed by atoms with Crippen LogP contribution in [0.25, 0.3) is 0 Å². The van der Waals surface area contributed by atoms with Crippen molar-refractivity contribution in [2.24, 2.45) is 5.92 Å². The van der Waals surface area contributed by atoms with Crippen LogP contribution in [0.1, 0.15) is 38.9 Å². The SMILES string of the molecule is CCC(C)C(C)NCC(O)c1cccc(F)c1. The molecule has 2 nitrogen and oxygen atoms in total. The fourth-order valence-corrected chi connectivity index (χ4v) is 1.68.